The van der Waals surface area contributed by atoms with Gasteiger partial charge in [-0.15, -0.1) is 24.0 Å². The number of rotatable bonds is 9. The van der Waals surface area contributed by atoms with Crippen LogP contribution in [0.5, 0.6) is 5.75 Å². The normalized spacial score (nSPS) is 10.7. The lowest BCUT2D eigenvalue weighted by atomic mass is 10.1. The van der Waals surface area contributed by atoms with Crippen molar-refractivity contribution in [2.45, 2.75) is 19.8 Å². The molecule has 1 amide bonds. The summed E-state index contributed by atoms with van der Waals surface area (Å²) in [7, 11) is 5.15. The molecule has 0 unspecified atom stereocenters. The van der Waals surface area contributed by atoms with Crippen molar-refractivity contribution >= 4 is 35.8 Å². The summed E-state index contributed by atoms with van der Waals surface area (Å²) in [6.45, 7) is 3.61. The third kappa shape index (κ3) is 9.02. The van der Waals surface area contributed by atoms with Gasteiger partial charge >= 0.3 is 0 Å². The van der Waals surface area contributed by atoms with Gasteiger partial charge in [-0.3, -0.25) is 4.79 Å². The summed E-state index contributed by atoms with van der Waals surface area (Å²) in [4.78, 5) is 17.9. The van der Waals surface area contributed by atoms with Crippen LogP contribution in [0.15, 0.2) is 53.5 Å². The molecule has 2 rings (SSSR count). The lowest BCUT2D eigenvalue weighted by molar-refractivity contribution is -0.127. The smallest absolute Gasteiger partial charge is 0.243 e. The highest BCUT2D eigenvalue weighted by atomic mass is 127. The Kier molecular flexibility index (Phi) is 11.9. The molecule has 2 aromatic carbocycles. The van der Waals surface area contributed by atoms with E-state index >= 15 is 0 Å². The molecule has 0 aliphatic heterocycles. The number of methoxy groups -OCH3 is 1. The molecule has 30 heavy (non-hydrogen) atoms. The second kappa shape index (κ2) is 13.8. The third-order valence-corrected chi connectivity index (χ3v) is 4.54. The van der Waals surface area contributed by atoms with Crippen LogP contribution in [-0.2, 0) is 17.6 Å². The summed E-state index contributed by atoms with van der Waals surface area (Å²) in [6.07, 6.45) is 1.68. The number of carbonyl (C=O) groups excluding carboxylic acids is 1. The molecule has 0 saturated heterocycles. The Hall–Kier alpha value is -2.29. The van der Waals surface area contributed by atoms with Gasteiger partial charge < -0.3 is 20.3 Å². The zero-order chi connectivity index (χ0) is 21.1. The molecular weight excluding hydrogens is 491 g/mol. The van der Waals surface area contributed by atoms with E-state index in [2.05, 4.69) is 40.7 Å². The van der Waals surface area contributed by atoms with E-state index in [-0.39, 0.29) is 36.4 Å². The van der Waals surface area contributed by atoms with Gasteiger partial charge in [-0.05, 0) is 37.0 Å². The van der Waals surface area contributed by atoms with E-state index in [9.17, 15) is 4.79 Å². The highest BCUT2D eigenvalue weighted by molar-refractivity contribution is 14.0. The molecule has 0 heterocycles. The Morgan fingerprint density at radius 3 is 2.33 bits per heavy atom. The van der Waals surface area contributed by atoms with E-state index in [0.29, 0.717) is 12.5 Å². The number of aryl methyl sites for hydroxylation is 1. The zero-order valence-electron chi connectivity index (χ0n) is 18.3. The van der Waals surface area contributed by atoms with Crippen molar-refractivity contribution in [2.24, 2.45) is 4.99 Å². The fourth-order valence-corrected chi connectivity index (χ4v) is 2.85. The van der Waals surface area contributed by atoms with Crippen molar-refractivity contribution < 1.29 is 9.53 Å². The monoisotopic (exact) mass is 524 g/mol. The average molecular weight is 524 g/mol. The Balaban J connectivity index is 0.00000450. The van der Waals surface area contributed by atoms with E-state index in [0.717, 1.165) is 30.7 Å². The average Bonchev–Trinajstić information content (AvgIpc) is 2.72. The highest BCUT2D eigenvalue weighted by Gasteiger charge is 2.07. The van der Waals surface area contributed by atoms with Crippen LogP contribution >= 0.6 is 24.0 Å². The molecule has 0 aromatic heterocycles. The van der Waals surface area contributed by atoms with Crippen LogP contribution in [0, 0.1) is 6.92 Å². The van der Waals surface area contributed by atoms with Gasteiger partial charge in [0.25, 0.3) is 0 Å². The van der Waals surface area contributed by atoms with E-state index in [1.54, 1.807) is 26.1 Å². The molecule has 0 bridgehead atoms. The molecular formula is C23H33IN4O2. The van der Waals surface area contributed by atoms with Crippen LogP contribution < -0.4 is 15.4 Å². The summed E-state index contributed by atoms with van der Waals surface area (Å²) in [5.41, 5.74) is 3.61. The minimum absolute atomic E-state index is 0. The SMILES string of the molecule is COc1ccc(C)cc1CCNC(=NCC(=O)N(C)C)NCCc1ccccc1.I. The fourth-order valence-electron chi connectivity index (χ4n) is 2.85. The van der Waals surface area contributed by atoms with Crippen LogP contribution in [0.2, 0.25) is 0 Å². The fraction of sp³-hybridized carbons (Fsp3) is 0.391. The molecule has 0 saturated carbocycles. The number of ether oxygens (including phenoxy) is 1. The van der Waals surface area contributed by atoms with Crippen LogP contribution in [0.4, 0.5) is 0 Å². The Labute approximate surface area is 197 Å². The van der Waals surface area contributed by atoms with Crippen molar-refractivity contribution in [1.82, 2.24) is 15.5 Å². The van der Waals surface area contributed by atoms with Crippen LogP contribution in [0.25, 0.3) is 0 Å². The maximum absolute atomic E-state index is 11.9. The maximum atomic E-state index is 11.9. The second-order valence-corrected chi connectivity index (χ2v) is 7.11. The minimum atomic E-state index is -0.0329. The molecule has 2 aromatic rings. The van der Waals surface area contributed by atoms with Gasteiger partial charge in [0.1, 0.15) is 12.3 Å². The standard InChI is InChI=1S/C23H32N4O2.HI/c1-18-10-11-21(29-4)20(16-18)13-15-25-23(26-17-22(28)27(2)3)24-14-12-19-8-6-5-7-9-19;/h5-11,16H,12-15,17H2,1-4H3,(H2,24,25,26);1H. The molecule has 6 nitrogen and oxygen atoms in total. The Morgan fingerprint density at radius 1 is 1.03 bits per heavy atom. The summed E-state index contributed by atoms with van der Waals surface area (Å²) in [5, 5.41) is 6.66. The largest absolute Gasteiger partial charge is 0.496 e. The molecule has 0 spiro atoms. The number of hydrogen-bond acceptors (Lipinski definition) is 3. The van der Waals surface area contributed by atoms with Gasteiger partial charge in [0.2, 0.25) is 5.91 Å². The van der Waals surface area contributed by atoms with E-state index in [1.165, 1.54) is 11.1 Å². The van der Waals surface area contributed by atoms with Crippen molar-refractivity contribution in [3.05, 3.63) is 65.2 Å². The molecule has 0 aliphatic carbocycles. The maximum Gasteiger partial charge on any atom is 0.243 e. The van der Waals surface area contributed by atoms with Gasteiger partial charge in [0, 0.05) is 27.2 Å². The number of guanidine groups is 1. The number of hydrogen-bond donors (Lipinski definition) is 2. The Bertz CT molecular complexity index is 810. The van der Waals surface area contributed by atoms with Gasteiger partial charge in [-0.1, -0.05) is 48.0 Å². The quantitative estimate of drug-likeness (QED) is 0.301. The first kappa shape index (κ1) is 25.7. The van der Waals surface area contributed by atoms with E-state index in [1.807, 2.05) is 30.3 Å². The Morgan fingerprint density at radius 2 is 1.70 bits per heavy atom. The zero-order valence-corrected chi connectivity index (χ0v) is 20.6. The topological polar surface area (TPSA) is 66.0 Å². The van der Waals surface area contributed by atoms with Crippen LogP contribution in [0.1, 0.15) is 16.7 Å². The summed E-state index contributed by atoms with van der Waals surface area (Å²) < 4.78 is 5.45. The summed E-state index contributed by atoms with van der Waals surface area (Å²) in [6, 6.07) is 16.5. The van der Waals surface area contributed by atoms with E-state index in [4.69, 9.17) is 4.74 Å². The number of nitrogens with one attached hydrogen (secondary N) is 2. The number of amides is 1. The minimum Gasteiger partial charge on any atom is -0.496 e. The van der Waals surface area contributed by atoms with Crippen molar-refractivity contribution in [2.75, 3.05) is 40.8 Å². The number of aliphatic imine (C=N–C) groups is 1. The highest BCUT2D eigenvalue weighted by Crippen LogP contribution is 2.19. The van der Waals surface area contributed by atoms with Crippen molar-refractivity contribution in [3.8, 4) is 5.75 Å². The van der Waals surface area contributed by atoms with Crippen molar-refractivity contribution in [3.63, 3.8) is 0 Å². The molecule has 0 fully saturated rings. The number of halogens is 1. The number of benzene rings is 2. The number of nitrogens with zero attached hydrogens (tertiary/aromatic N) is 2. The molecule has 164 valence electrons. The summed E-state index contributed by atoms with van der Waals surface area (Å²) in [5.74, 6) is 1.49. The van der Waals surface area contributed by atoms with E-state index < -0.39 is 0 Å². The van der Waals surface area contributed by atoms with Gasteiger partial charge in [0.15, 0.2) is 5.96 Å². The predicted octanol–water partition coefficient (Wildman–Crippen LogP) is 3.03. The van der Waals surface area contributed by atoms with Crippen molar-refractivity contribution in [1.29, 1.82) is 0 Å². The third-order valence-electron chi connectivity index (χ3n) is 4.54. The van der Waals surface area contributed by atoms with Gasteiger partial charge in [-0.25, -0.2) is 4.99 Å². The first-order valence-corrected chi connectivity index (χ1v) is 9.89. The number of carbonyl (C=O) groups is 1. The van der Waals surface area contributed by atoms with Crippen LogP contribution in [0.3, 0.4) is 0 Å². The molecule has 0 radical (unpaired) electrons. The first-order chi connectivity index (χ1) is 14.0. The first-order valence-electron chi connectivity index (χ1n) is 9.89. The van der Waals surface area contributed by atoms with Gasteiger partial charge in [0.05, 0.1) is 7.11 Å². The molecule has 0 aliphatic rings. The number of likely N-dealkylation sites (N-methyl/N-ethyl adjacent to an activating group) is 1. The predicted molar refractivity (Wildman–Crippen MR) is 134 cm³/mol. The lowest BCUT2D eigenvalue weighted by Gasteiger charge is -2.15. The van der Waals surface area contributed by atoms with Crippen LogP contribution in [-0.4, -0.2) is 57.6 Å². The second-order valence-electron chi connectivity index (χ2n) is 7.11. The molecule has 2 N–H and O–H groups in total. The van der Waals surface area contributed by atoms with Gasteiger partial charge in [-0.2, -0.15) is 0 Å². The summed E-state index contributed by atoms with van der Waals surface area (Å²) >= 11 is 0. The molecule has 0 atom stereocenters. The molecule has 7 heteroatoms. The lowest BCUT2D eigenvalue weighted by Crippen LogP contribution is -2.40.